The number of nitrogens with one attached hydrogen (secondary N) is 1. The lowest BCUT2D eigenvalue weighted by Gasteiger charge is -2.33. The Morgan fingerprint density at radius 2 is 1.66 bits per heavy atom. The van der Waals surface area contributed by atoms with Gasteiger partial charge in [0.2, 0.25) is 17.7 Å². The molecule has 0 saturated carbocycles. The largest absolute Gasteiger partial charge is 0.408 e. The smallest absolute Gasteiger partial charge is 0.318 e. The molecule has 2 aromatic carbocycles. The third-order valence-electron chi connectivity index (χ3n) is 8.07. The molecule has 2 fully saturated rings. The van der Waals surface area contributed by atoms with Gasteiger partial charge in [-0.15, -0.1) is 5.10 Å². The van der Waals surface area contributed by atoms with E-state index in [0.717, 1.165) is 55.2 Å². The molecule has 4 heterocycles. The fraction of sp³-hybridized carbons (Fsp3) is 0.400. The van der Waals surface area contributed by atoms with Gasteiger partial charge in [-0.3, -0.25) is 34.3 Å². The van der Waals surface area contributed by atoms with Gasteiger partial charge in [0.25, 0.3) is 11.8 Å². The number of piperazine rings is 1. The molecule has 0 spiro atoms. The first-order valence-corrected chi connectivity index (χ1v) is 14.1. The first kappa shape index (κ1) is 26.8. The molecule has 0 bridgehead atoms. The zero-order chi connectivity index (χ0) is 28.5. The van der Waals surface area contributed by atoms with Crippen LogP contribution in [0.15, 0.2) is 46.9 Å². The van der Waals surface area contributed by atoms with Crippen molar-refractivity contribution in [2.75, 3.05) is 31.1 Å². The van der Waals surface area contributed by atoms with E-state index in [-0.39, 0.29) is 18.7 Å². The SMILES string of the molecule is CCc1nnc(N2CCN(Cc3ccc(CCc4cccc5c4C(=O)N(C4CCC(=O)NC4=O)C5=O)cc3)CC2)o1. The van der Waals surface area contributed by atoms with Crippen LogP contribution in [0, 0.1) is 0 Å². The minimum Gasteiger partial charge on any atom is -0.408 e. The highest BCUT2D eigenvalue weighted by atomic mass is 16.4. The van der Waals surface area contributed by atoms with Gasteiger partial charge in [-0.25, -0.2) is 0 Å². The maximum atomic E-state index is 13.3. The molecule has 0 aliphatic carbocycles. The van der Waals surface area contributed by atoms with Crippen LogP contribution in [0.5, 0.6) is 0 Å². The number of benzene rings is 2. The molecule has 0 radical (unpaired) electrons. The third-order valence-corrected chi connectivity index (χ3v) is 8.07. The summed E-state index contributed by atoms with van der Waals surface area (Å²) in [6.45, 7) is 6.36. The van der Waals surface area contributed by atoms with Gasteiger partial charge < -0.3 is 9.32 Å². The van der Waals surface area contributed by atoms with Crippen LogP contribution in [0.25, 0.3) is 0 Å². The molecule has 11 nitrogen and oxygen atoms in total. The second-order valence-electron chi connectivity index (χ2n) is 10.7. The Hall–Kier alpha value is -4.38. The first-order chi connectivity index (χ1) is 19.9. The van der Waals surface area contributed by atoms with Crippen molar-refractivity contribution in [2.24, 2.45) is 0 Å². The number of carbonyl (C=O) groups excluding carboxylic acids is 4. The third kappa shape index (κ3) is 5.37. The van der Waals surface area contributed by atoms with Crippen LogP contribution in [0.3, 0.4) is 0 Å². The predicted molar refractivity (Wildman–Crippen MR) is 148 cm³/mol. The van der Waals surface area contributed by atoms with E-state index in [1.165, 1.54) is 5.56 Å². The number of fused-ring (bicyclic) bond motifs is 1. The summed E-state index contributed by atoms with van der Waals surface area (Å²) in [6, 6.07) is 13.4. The Morgan fingerprint density at radius 3 is 2.37 bits per heavy atom. The quantitative estimate of drug-likeness (QED) is 0.415. The minimum absolute atomic E-state index is 0.100. The molecular weight excluding hydrogens is 524 g/mol. The summed E-state index contributed by atoms with van der Waals surface area (Å²) in [5.41, 5.74) is 3.83. The molecule has 212 valence electrons. The molecule has 3 aliphatic rings. The Kier molecular flexibility index (Phi) is 7.36. The number of aromatic nitrogens is 2. The molecule has 11 heteroatoms. The summed E-state index contributed by atoms with van der Waals surface area (Å²) < 4.78 is 5.69. The van der Waals surface area contributed by atoms with Gasteiger partial charge in [-0.2, -0.15) is 0 Å². The molecule has 1 unspecified atom stereocenters. The highest BCUT2D eigenvalue weighted by Gasteiger charge is 2.45. The molecule has 3 aromatic rings. The summed E-state index contributed by atoms with van der Waals surface area (Å²) in [6.07, 6.45) is 2.27. The van der Waals surface area contributed by atoms with Gasteiger partial charge in [0.1, 0.15) is 6.04 Å². The van der Waals surface area contributed by atoms with Crippen molar-refractivity contribution in [1.29, 1.82) is 0 Å². The van der Waals surface area contributed by atoms with Crippen molar-refractivity contribution in [1.82, 2.24) is 25.3 Å². The maximum Gasteiger partial charge on any atom is 0.318 e. The number of rotatable bonds is 8. The number of anilines is 1. The molecule has 2 saturated heterocycles. The van der Waals surface area contributed by atoms with E-state index in [1.807, 2.05) is 13.0 Å². The van der Waals surface area contributed by atoms with Crippen LogP contribution in [0.2, 0.25) is 0 Å². The number of amides is 4. The normalized spacial score (nSPS) is 19.6. The lowest BCUT2D eigenvalue weighted by Crippen LogP contribution is -2.54. The highest BCUT2D eigenvalue weighted by molar-refractivity contribution is 6.24. The zero-order valence-corrected chi connectivity index (χ0v) is 23.0. The summed E-state index contributed by atoms with van der Waals surface area (Å²) >= 11 is 0. The van der Waals surface area contributed by atoms with Crippen LogP contribution < -0.4 is 10.2 Å². The Morgan fingerprint density at radius 1 is 0.902 bits per heavy atom. The predicted octanol–water partition coefficient (Wildman–Crippen LogP) is 2.14. The van der Waals surface area contributed by atoms with E-state index in [2.05, 4.69) is 49.6 Å². The van der Waals surface area contributed by atoms with Crippen LogP contribution in [-0.4, -0.2) is 75.8 Å². The second-order valence-corrected chi connectivity index (χ2v) is 10.7. The number of imide groups is 2. The Labute approximate surface area is 237 Å². The Balaban J connectivity index is 1.05. The van der Waals surface area contributed by atoms with Crippen LogP contribution in [0.1, 0.15) is 63.1 Å². The number of hydrogen-bond donors (Lipinski definition) is 1. The molecule has 3 aliphatic heterocycles. The van der Waals surface area contributed by atoms with E-state index in [9.17, 15) is 19.2 Å². The lowest BCUT2D eigenvalue weighted by molar-refractivity contribution is -0.136. The minimum atomic E-state index is -0.962. The molecular formula is C30H32N6O5. The number of hydrogen-bond acceptors (Lipinski definition) is 9. The summed E-state index contributed by atoms with van der Waals surface area (Å²) in [7, 11) is 0. The number of nitrogens with zero attached hydrogens (tertiary/aromatic N) is 5. The molecule has 1 N–H and O–H groups in total. The van der Waals surface area contributed by atoms with Gasteiger partial charge in [0, 0.05) is 45.6 Å². The molecule has 4 amide bonds. The molecule has 1 atom stereocenters. The topological polar surface area (TPSA) is 129 Å². The number of piperidine rings is 1. The zero-order valence-electron chi connectivity index (χ0n) is 23.0. The molecule has 1 aromatic heterocycles. The summed E-state index contributed by atoms with van der Waals surface area (Å²) in [5, 5.41) is 10.5. The van der Waals surface area contributed by atoms with Crippen molar-refractivity contribution in [3.63, 3.8) is 0 Å². The van der Waals surface area contributed by atoms with E-state index >= 15 is 0 Å². The lowest BCUT2D eigenvalue weighted by atomic mass is 9.96. The first-order valence-electron chi connectivity index (χ1n) is 14.1. The van der Waals surface area contributed by atoms with E-state index in [0.29, 0.717) is 35.9 Å². The summed E-state index contributed by atoms with van der Waals surface area (Å²) in [5.74, 6) is -1.27. The van der Waals surface area contributed by atoms with Gasteiger partial charge in [-0.05, 0) is 42.0 Å². The fourth-order valence-corrected chi connectivity index (χ4v) is 5.75. The van der Waals surface area contributed by atoms with Crippen LogP contribution >= 0.6 is 0 Å². The monoisotopic (exact) mass is 556 g/mol. The van der Waals surface area contributed by atoms with Gasteiger partial charge in [0.05, 0.1) is 11.1 Å². The van der Waals surface area contributed by atoms with Crippen molar-refractivity contribution < 1.29 is 23.6 Å². The standard InChI is InChI=1S/C30H32N6O5/c1-2-25-32-33-30(41-25)35-16-14-34(15-17-35)18-20-8-6-19(7-9-20)10-11-21-4-3-5-22-26(21)29(40)36(28(22)39)23-12-13-24(37)31-27(23)38/h3-9,23H,2,10-18H2,1H3,(H,31,37,38). The Bertz CT molecular complexity index is 1490. The van der Waals surface area contributed by atoms with Gasteiger partial charge >= 0.3 is 6.01 Å². The van der Waals surface area contributed by atoms with Crippen molar-refractivity contribution in [3.05, 3.63) is 76.2 Å². The second kappa shape index (κ2) is 11.2. The van der Waals surface area contributed by atoms with E-state index in [1.54, 1.807) is 12.1 Å². The highest BCUT2D eigenvalue weighted by Crippen LogP contribution is 2.30. The maximum absolute atomic E-state index is 13.3. The number of aryl methyl sites for hydroxylation is 3. The van der Waals surface area contributed by atoms with Gasteiger partial charge in [-0.1, -0.05) is 48.4 Å². The van der Waals surface area contributed by atoms with Crippen molar-refractivity contribution >= 4 is 29.6 Å². The van der Waals surface area contributed by atoms with Gasteiger partial charge in [0.15, 0.2) is 0 Å². The van der Waals surface area contributed by atoms with Crippen molar-refractivity contribution in [2.45, 2.75) is 51.6 Å². The molecule has 6 rings (SSSR count). The fourth-order valence-electron chi connectivity index (χ4n) is 5.75. The number of carbonyl (C=O) groups is 4. The van der Waals surface area contributed by atoms with Crippen molar-refractivity contribution in [3.8, 4) is 0 Å². The van der Waals surface area contributed by atoms with Crippen LogP contribution in [0.4, 0.5) is 6.01 Å². The van der Waals surface area contributed by atoms with E-state index < -0.39 is 23.8 Å². The average molecular weight is 557 g/mol. The summed E-state index contributed by atoms with van der Waals surface area (Å²) in [4.78, 5) is 55.9. The molecule has 41 heavy (non-hydrogen) atoms. The van der Waals surface area contributed by atoms with Crippen LogP contribution in [-0.2, 0) is 35.4 Å². The average Bonchev–Trinajstić information content (AvgIpc) is 3.56. The van der Waals surface area contributed by atoms with E-state index in [4.69, 9.17) is 4.42 Å².